The van der Waals surface area contributed by atoms with Crippen LogP contribution in [-0.4, -0.2) is 22.2 Å². The van der Waals surface area contributed by atoms with Gasteiger partial charge in [-0.15, -0.1) is 0 Å². The first kappa shape index (κ1) is 10.4. The molecule has 0 aliphatic heterocycles. The molecular formula is C8H10O4. The van der Waals surface area contributed by atoms with Crippen LogP contribution < -0.4 is 0 Å². The van der Waals surface area contributed by atoms with E-state index in [1.807, 2.05) is 0 Å². The van der Waals surface area contributed by atoms with Crippen molar-refractivity contribution in [3.05, 3.63) is 24.3 Å². The van der Waals surface area contributed by atoms with Crippen LogP contribution in [0.15, 0.2) is 24.3 Å². The molecule has 0 aromatic carbocycles. The van der Waals surface area contributed by atoms with Crippen molar-refractivity contribution in [2.75, 3.05) is 0 Å². The molecule has 0 fully saturated rings. The molecule has 66 valence electrons. The maximum atomic E-state index is 10.4. The van der Waals surface area contributed by atoms with Gasteiger partial charge in [0.1, 0.15) is 0 Å². The van der Waals surface area contributed by atoms with E-state index in [0.717, 1.165) is 0 Å². The zero-order chi connectivity index (χ0) is 9.72. The van der Waals surface area contributed by atoms with Crippen LogP contribution in [0, 0.1) is 5.92 Å². The van der Waals surface area contributed by atoms with Gasteiger partial charge < -0.3 is 10.2 Å². The fourth-order valence-corrected chi connectivity index (χ4v) is 0.777. The predicted octanol–water partition coefficient (Wildman–Crippen LogP) is 0.904. The SMILES string of the molecule is C=C/C=C(\C)C(C(=O)O)C(=O)O. The van der Waals surface area contributed by atoms with Gasteiger partial charge in [0.25, 0.3) is 0 Å². The van der Waals surface area contributed by atoms with Crippen molar-refractivity contribution in [2.24, 2.45) is 5.92 Å². The Hall–Kier alpha value is -1.58. The van der Waals surface area contributed by atoms with Crippen molar-refractivity contribution in [3.63, 3.8) is 0 Å². The molecular weight excluding hydrogens is 160 g/mol. The minimum Gasteiger partial charge on any atom is -0.480 e. The number of aliphatic carboxylic acids is 2. The number of carboxylic acids is 2. The van der Waals surface area contributed by atoms with Crippen LogP contribution in [0.2, 0.25) is 0 Å². The first-order valence-corrected chi connectivity index (χ1v) is 3.25. The average Bonchev–Trinajstić information content (AvgIpc) is 1.85. The van der Waals surface area contributed by atoms with Crippen LogP contribution in [0.5, 0.6) is 0 Å². The molecule has 0 saturated carbocycles. The van der Waals surface area contributed by atoms with E-state index in [0.29, 0.717) is 0 Å². The molecule has 0 unspecified atom stereocenters. The Morgan fingerprint density at radius 3 is 2.00 bits per heavy atom. The number of carbonyl (C=O) groups is 2. The highest BCUT2D eigenvalue weighted by molar-refractivity contribution is 5.96. The molecule has 0 aromatic rings. The lowest BCUT2D eigenvalue weighted by Crippen LogP contribution is -2.24. The summed E-state index contributed by atoms with van der Waals surface area (Å²) >= 11 is 0. The summed E-state index contributed by atoms with van der Waals surface area (Å²) in [5.41, 5.74) is 0.255. The second-order valence-corrected chi connectivity index (χ2v) is 2.26. The number of hydrogen-bond acceptors (Lipinski definition) is 2. The maximum Gasteiger partial charge on any atom is 0.322 e. The Morgan fingerprint density at radius 1 is 1.33 bits per heavy atom. The summed E-state index contributed by atoms with van der Waals surface area (Å²) in [6.07, 6.45) is 2.72. The second kappa shape index (κ2) is 4.33. The molecule has 0 saturated heterocycles. The van der Waals surface area contributed by atoms with Gasteiger partial charge in [-0.2, -0.15) is 0 Å². The third-order valence-corrected chi connectivity index (χ3v) is 1.33. The van der Waals surface area contributed by atoms with Crippen LogP contribution in [-0.2, 0) is 9.59 Å². The Bertz CT molecular complexity index is 225. The standard InChI is InChI=1S/C8H10O4/c1-3-4-5(2)6(7(9)10)8(11)12/h3-4,6H,1H2,2H3,(H,9,10)(H,11,12)/b5-4+. The molecule has 2 N–H and O–H groups in total. The van der Waals surface area contributed by atoms with Crippen molar-refractivity contribution in [2.45, 2.75) is 6.92 Å². The molecule has 0 atom stereocenters. The molecule has 0 aromatic heterocycles. The minimum absolute atomic E-state index is 0.255. The lowest BCUT2D eigenvalue weighted by Gasteiger charge is -2.05. The van der Waals surface area contributed by atoms with Crippen molar-refractivity contribution >= 4 is 11.9 Å². The van der Waals surface area contributed by atoms with Gasteiger partial charge in [-0.1, -0.05) is 18.7 Å². The van der Waals surface area contributed by atoms with Gasteiger partial charge in [-0.05, 0) is 12.5 Å². The van der Waals surface area contributed by atoms with Gasteiger partial charge in [0.2, 0.25) is 0 Å². The zero-order valence-corrected chi connectivity index (χ0v) is 6.65. The van der Waals surface area contributed by atoms with Gasteiger partial charge in [-0.3, -0.25) is 9.59 Å². The van der Waals surface area contributed by atoms with E-state index >= 15 is 0 Å². The zero-order valence-electron chi connectivity index (χ0n) is 6.65. The molecule has 0 amide bonds. The number of allylic oxidation sites excluding steroid dienone is 2. The lowest BCUT2D eigenvalue weighted by molar-refractivity contribution is -0.152. The molecule has 0 aliphatic rings. The van der Waals surface area contributed by atoms with Gasteiger partial charge in [0.15, 0.2) is 5.92 Å². The smallest absolute Gasteiger partial charge is 0.322 e. The van der Waals surface area contributed by atoms with E-state index < -0.39 is 17.9 Å². The number of carboxylic acid groups (broad SMARTS) is 2. The van der Waals surface area contributed by atoms with Gasteiger partial charge in [0.05, 0.1) is 0 Å². The summed E-state index contributed by atoms with van der Waals surface area (Å²) in [5, 5.41) is 17.0. The highest BCUT2D eigenvalue weighted by Gasteiger charge is 2.26. The van der Waals surface area contributed by atoms with Crippen LogP contribution in [0.3, 0.4) is 0 Å². The summed E-state index contributed by atoms with van der Waals surface area (Å²) in [6.45, 7) is 4.78. The first-order valence-electron chi connectivity index (χ1n) is 3.25. The summed E-state index contributed by atoms with van der Waals surface area (Å²) < 4.78 is 0. The normalized spacial score (nSPS) is 11.3. The van der Waals surface area contributed by atoms with E-state index in [1.165, 1.54) is 19.1 Å². The molecule has 0 heterocycles. The van der Waals surface area contributed by atoms with E-state index in [4.69, 9.17) is 10.2 Å². The summed E-state index contributed by atoms with van der Waals surface area (Å²) in [6, 6.07) is 0. The van der Waals surface area contributed by atoms with Gasteiger partial charge in [-0.25, -0.2) is 0 Å². The van der Waals surface area contributed by atoms with E-state index in [-0.39, 0.29) is 5.57 Å². The molecule has 0 bridgehead atoms. The lowest BCUT2D eigenvalue weighted by atomic mass is 10.0. The fourth-order valence-electron chi connectivity index (χ4n) is 0.777. The van der Waals surface area contributed by atoms with Crippen molar-refractivity contribution in [1.82, 2.24) is 0 Å². The highest BCUT2D eigenvalue weighted by atomic mass is 16.4. The van der Waals surface area contributed by atoms with Crippen LogP contribution >= 0.6 is 0 Å². The molecule has 0 radical (unpaired) electrons. The fraction of sp³-hybridized carbons (Fsp3) is 0.250. The Morgan fingerprint density at radius 2 is 1.75 bits per heavy atom. The van der Waals surface area contributed by atoms with E-state index in [1.54, 1.807) is 0 Å². The second-order valence-electron chi connectivity index (χ2n) is 2.26. The minimum atomic E-state index is -1.47. The first-order chi connectivity index (χ1) is 5.50. The predicted molar refractivity (Wildman–Crippen MR) is 42.7 cm³/mol. The maximum absolute atomic E-state index is 10.4. The monoisotopic (exact) mass is 170 g/mol. The average molecular weight is 170 g/mol. The summed E-state index contributed by atoms with van der Waals surface area (Å²) in [4.78, 5) is 20.8. The molecule has 0 aliphatic carbocycles. The van der Waals surface area contributed by atoms with E-state index in [9.17, 15) is 9.59 Å². The third kappa shape index (κ3) is 2.57. The van der Waals surface area contributed by atoms with Gasteiger partial charge >= 0.3 is 11.9 Å². The number of rotatable bonds is 4. The highest BCUT2D eigenvalue weighted by Crippen LogP contribution is 2.10. The molecule has 4 heteroatoms. The molecule has 12 heavy (non-hydrogen) atoms. The topological polar surface area (TPSA) is 74.6 Å². The Balaban J connectivity index is 4.74. The quantitative estimate of drug-likeness (QED) is 0.485. The largest absolute Gasteiger partial charge is 0.480 e. The summed E-state index contributed by atoms with van der Waals surface area (Å²) in [7, 11) is 0. The molecule has 4 nitrogen and oxygen atoms in total. The van der Waals surface area contributed by atoms with Crippen molar-refractivity contribution < 1.29 is 19.8 Å². The Labute approximate surface area is 69.8 Å². The van der Waals surface area contributed by atoms with Crippen LogP contribution in [0.25, 0.3) is 0 Å². The molecule has 0 spiro atoms. The van der Waals surface area contributed by atoms with Crippen LogP contribution in [0.1, 0.15) is 6.92 Å². The van der Waals surface area contributed by atoms with Crippen molar-refractivity contribution in [1.29, 1.82) is 0 Å². The summed E-state index contributed by atoms with van der Waals surface area (Å²) in [5.74, 6) is -4.20. The van der Waals surface area contributed by atoms with Crippen LogP contribution in [0.4, 0.5) is 0 Å². The number of hydrogen-bond donors (Lipinski definition) is 2. The Kier molecular flexibility index (Phi) is 3.76. The third-order valence-electron chi connectivity index (χ3n) is 1.33. The van der Waals surface area contributed by atoms with Gasteiger partial charge in [0, 0.05) is 0 Å². The van der Waals surface area contributed by atoms with E-state index in [2.05, 4.69) is 6.58 Å². The molecule has 0 rings (SSSR count). The van der Waals surface area contributed by atoms with Crippen molar-refractivity contribution in [3.8, 4) is 0 Å².